The average molecular weight is 400 g/mol. The highest BCUT2D eigenvalue weighted by atomic mass is 16.2. The Bertz CT molecular complexity index is 754. The van der Waals surface area contributed by atoms with Gasteiger partial charge < -0.3 is 15.1 Å². The highest BCUT2D eigenvalue weighted by Crippen LogP contribution is 2.32. The summed E-state index contributed by atoms with van der Waals surface area (Å²) in [4.78, 5) is 38.0. The van der Waals surface area contributed by atoms with Gasteiger partial charge in [-0.3, -0.25) is 9.59 Å². The first kappa shape index (κ1) is 20.1. The molecule has 2 saturated heterocycles. The minimum Gasteiger partial charge on any atom is -0.373 e. The number of hydrogen-bond acceptors (Lipinski definition) is 5. The van der Waals surface area contributed by atoms with Crippen molar-refractivity contribution < 1.29 is 9.59 Å². The summed E-state index contributed by atoms with van der Waals surface area (Å²) in [5.41, 5.74) is 0.955. The summed E-state index contributed by atoms with van der Waals surface area (Å²) in [6.07, 6.45) is 8.06. The molecule has 3 aliphatic rings. The molecule has 1 aromatic rings. The third-order valence-corrected chi connectivity index (χ3v) is 6.93. The summed E-state index contributed by atoms with van der Waals surface area (Å²) in [5, 5.41) is 3.15. The van der Waals surface area contributed by atoms with Crippen LogP contribution in [0.15, 0.2) is 6.07 Å². The lowest BCUT2D eigenvalue weighted by molar-refractivity contribution is -0.133. The first-order valence-corrected chi connectivity index (χ1v) is 11.1. The van der Waals surface area contributed by atoms with Crippen molar-refractivity contribution in [2.75, 3.05) is 39.0 Å². The molecule has 7 nitrogen and oxygen atoms in total. The van der Waals surface area contributed by atoms with Gasteiger partial charge in [0.25, 0.3) is 0 Å². The SMILES string of the molecule is CNc1cc([C@@H]2CC(=O)N(C)C2)nc(C2CCN(C(=O)CC3CCCC3)CC2)n1. The molecule has 7 heteroatoms. The van der Waals surface area contributed by atoms with Crippen molar-refractivity contribution in [1.82, 2.24) is 19.8 Å². The van der Waals surface area contributed by atoms with E-state index in [-0.39, 0.29) is 17.7 Å². The van der Waals surface area contributed by atoms with E-state index in [1.165, 1.54) is 25.7 Å². The monoisotopic (exact) mass is 399 g/mol. The van der Waals surface area contributed by atoms with Gasteiger partial charge in [0.1, 0.15) is 11.6 Å². The second kappa shape index (κ2) is 8.67. The van der Waals surface area contributed by atoms with Crippen molar-refractivity contribution in [2.45, 2.75) is 63.2 Å². The zero-order chi connectivity index (χ0) is 20.4. The molecule has 4 rings (SSSR count). The maximum atomic E-state index is 12.6. The number of likely N-dealkylation sites (tertiary alicyclic amines) is 2. The summed E-state index contributed by atoms with van der Waals surface area (Å²) in [7, 11) is 3.72. The van der Waals surface area contributed by atoms with E-state index in [2.05, 4.69) is 5.32 Å². The van der Waals surface area contributed by atoms with Crippen LogP contribution in [0.5, 0.6) is 0 Å². The Balaban J connectivity index is 1.40. The van der Waals surface area contributed by atoms with E-state index in [1.807, 2.05) is 25.1 Å². The quantitative estimate of drug-likeness (QED) is 0.824. The van der Waals surface area contributed by atoms with Crippen molar-refractivity contribution in [3.8, 4) is 0 Å². The molecule has 0 unspecified atom stereocenters. The van der Waals surface area contributed by atoms with Crippen molar-refractivity contribution in [3.63, 3.8) is 0 Å². The molecular formula is C22H33N5O2. The Morgan fingerprint density at radius 1 is 1.14 bits per heavy atom. The van der Waals surface area contributed by atoms with Crippen LogP contribution in [0.2, 0.25) is 0 Å². The van der Waals surface area contributed by atoms with Crippen molar-refractivity contribution >= 4 is 17.6 Å². The van der Waals surface area contributed by atoms with Gasteiger partial charge in [-0.2, -0.15) is 0 Å². The third-order valence-electron chi connectivity index (χ3n) is 6.93. The standard InChI is InChI=1S/C22H33N5O2/c1-23-19-13-18(17-12-20(28)26(2)14-17)24-22(25-19)16-7-9-27(10-8-16)21(29)11-15-5-3-4-6-15/h13,15-17H,3-12,14H2,1-2H3,(H,23,24,25)/t17-/m1/s1. The van der Waals surface area contributed by atoms with Crippen LogP contribution in [0.25, 0.3) is 0 Å². The van der Waals surface area contributed by atoms with Crippen LogP contribution in [0.3, 0.4) is 0 Å². The fourth-order valence-corrected chi connectivity index (χ4v) is 5.04. The fraction of sp³-hybridized carbons (Fsp3) is 0.727. The highest BCUT2D eigenvalue weighted by molar-refractivity contribution is 5.79. The number of carbonyl (C=O) groups excluding carboxylic acids is 2. The van der Waals surface area contributed by atoms with Gasteiger partial charge in [-0.25, -0.2) is 9.97 Å². The molecule has 3 heterocycles. The van der Waals surface area contributed by atoms with E-state index >= 15 is 0 Å². The largest absolute Gasteiger partial charge is 0.373 e. The van der Waals surface area contributed by atoms with Crippen LogP contribution in [0.1, 0.15) is 74.7 Å². The lowest BCUT2D eigenvalue weighted by Crippen LogP contribution is -2.38. The van der Waals surface area contributed by atoms with Crippen LogP contribution in [-0.4, -0.2) is 65.3 Å². The Labute approximate surface area is 173 Å². The first-order valence-electron chi connectivity index (χ1n) is 11.1. The third kappa shape index (κ3) is 4.54. The second-order valence-electron chi connectivity index (χ2n) is 8.97. The van der Waals surface area contributed by atoms with Crippen molar-refractivity contribution in [2.24, 2.45) is 5.92 Å². The number of hydrogen-bond donors (Lipinski definition) is 1. The van der Waals surface area contributed by atoms with Gasteiger partial charge >= 0.3 is 0 Å². The van der Waals surface area contributed by atoms with Gasteiger partial charge in [-0.15, -0.1) is 0 Å². The van der Waals surface area contributed by atoms with E-state index in [0.29, 0.717) is 24.8 Å². The lowest BCUT2D eigenvalue weighted by atomic mass is 9.94. The molecule has 0 radical (unpaired) electrons. The van der Waals surface area contributed by atoms with Crippen LogP contribution in [0.4, 0.5) is 5.82 Å². The number of carbonyl (C=O) groups is 2. The normalized spacial score (nSPS) is 23.8. The molecule has 2 amide bonds. The van der Waals surface area contributed by atoms with E-state index in [1.54, 1.807) is 4.90 Å². The maximum absolute atomic E-state index is 12.6. The first-order chi connectivity index (χ1) is 14.0. The molecule has 3 fully saturated rings. The summed E-state index contributed by atoms with van der Waals surface area (Å²) in [6.45, 7) is 2.30. The summed E-state index contributed by atoms with van der Waals surface area (Å²) >= 11 is 0. The van der Waals surface area contributed by atoms with Crippen LogP contribution >= 0.6 is 0 Å². The molecule has 1 aliphatic carbocycles. The molecule has 0 aromatic carbocycles. The van der Waals surface area contributed by atoms with Gasteiger partial charge in [0.2, 0.25) is 11.8 Å². The smallest absolute Gasteiger partial charge is 0.223 e. The van der Waals surface area contributed by atoms with Gasteiger partial charge in [0.15, 0.2) is 0 Å². The van der Waals surface area contributed by atoms with Crippen LogP contribution in [-0.2, 0) is 9.59 Å². The predicted octanol–water partition coefficient (Wildman–Crippen LogP) is 2.75. The van der Waals surface area contributed by atoms with Gasteiger partial charge in [0.05, 0.1) is 5.69 Å². The number of nitrogens with one attached hydrogen (secondary N) is 1. The number of nitrogens with zero attached hydrogens (tertiary/aromatic N) is 4. The molecule has 0 spiro atoms. The highest BCUT2D eigenvalue weighted by Gasteiger charge is 2.32. The Hall–Kier alpha value is -2.18. The summed E-state index contributed by atoms with van der Waals surface area (Å²) in [6, 6.07) is 1.97. The van der Waals surface area contributed by atoms with Crippen LogP contribution in [0, 0.1) is 5.92 Å². The molecular weight excluding hydrogens is 366 g/mol. The van der Waals surface area contributed by atoms with Gasteiger partial charge in [-0.1, -0.05) is 12.8 Å². The van der Waals surface area contributed by atoms with E-state index in [4.69, 9.17) is 9.97 Å². The number of rotatable bonds is 5. The van der Waals surface area contributed by atoms with Crippen LogP contribution < -0.4 is 5.32 Å². The van der Waals surface area contributed by atoms with E-state index in [0.717, 1.165) is 49.7 Å². The molecule has 1 N–H and O–H groups in total. The molecule has 29 heavy (non-hydrogen) atoms. The number of piperidine rings is 1. The predicted molar refractivity (Wildman–Crippen MR) is 112 cm³/mol. The van der Waals surface area contributed by atoms with Crippen molar-refractivity contribution in [3.05, 3.63) is 17.6 Å². The second-order valence-corrected chi connectivity index (χ2v) is 8.97. The Kier molecular flexibility index (Phi) is 6.01. The molecule has 2 aliphatic heterocycles. The Morgan fingerprint density at radius 2 is 1.86 bits per heavy atom. The molecule has 158 valence electrons. The minimum atomic E-state index is 0.134. The molecule has 0 bridgehead atoms. The van der Waals surface area contributed by atoms with E-state index in [9.17, 15) is 9.59 Å². The average Bonchev–Trinajstić information content (AvgIpc) is 3.37. The number of likely N-dealkylation sites (N-methyl/N-ethyl adjacent to an activating group) is 1. The zero-order valence-electron chi connectivity index (χ0n) is 17.7. The summed E-state index contributed by atoms with van der Waals surface area (Å²) in [5.74, 6) is 3.18. The minimum absolute atomic E-state index is 0.134. The number of amides is 2. The molecule has 1 aromatic heterocycles. The van der Waals surface area contributed by atoms with Crippen molar-refractivity contribution in [1.29, 1.82) is 0 Å². The van der Waals surface area contributed by atoms with E-state index < -0.39 is 0 Å². The Morgan fingerprint density at radius 3 is 2.48 bits per heavy atom. The summed E-state index contributed by atoms with van der Waals surface area (Å²) < 4.78 is 0. The lowest BCUT2D eigenvalue weighted by Gasteiger charge is -2.32. The number of aromatic nitrogens is 2. The topological polar surface area (TPSA) is 78.4 Å². The van der Waals surface area contributed by atoms with Gasteiger partial charge in [0, 0.05) is 64.5 Å². The van der Waals surface area contributed by atoms with Gasteiger partial charge in [-0.05, 0) is 31.6 Å². The molecule has 1 saturated carbocycles. The molecule has 1 atom stereocenters. The zero-order valence-corrected chi connectivity index (χ0v) is 17.7. The maximum Gasteiger partial charge on any atom is 0.223 e. The number of anilines is 1. The fourth-order valence-electron chi connectivity index (χ4n) is 5.04.